The number of fused-ring (bicyclic) bond motifs is 1. The first-order chi connectivity index (χ1) is 13.4. The molecule has 0 saturated heterocycles. The summed E-state index contributed by atoms with van der Waals surface area (Å²) in [6.45, 7) is 7.66. The van der Waals surface area contributed by atoms with Crippen molar-refractivity contribution >= 4 is 50.6 Å². The predicted octanol–water partition coefficient (Wildman–Crippen LogP) is 4.51. The number of esters is 1. The maximum Gasteiger partial charge on any atom is 0.348 e. The SMILES string of the molecule is CCOC(=O)c1sc2ncnc(Nc3ccc(NC(=O)C(C)C)cc3)c2c1C. The third-order valence-electron chi connectivity index (χ3n) is 4.13. The van der Waals surface area contributed by atoms with Crippen molar-refractivity contribution < 1.29 is 14.3 Å². The molecule has 2 aromatic heterocycles. The van der Waals surface area contributed by atoms with Crippen molar-refractivity contribution in [2.75, 3.05) is 17.2 Å². The van der Waals surface area contributed by atoms with Gasteiger partial charge in [0, 0.05) is 17.3 Å². The first-order valence-electron chi connectivity index (χ1n) is 8.99. The van der Waals surface area contributed by atoms with Gasteiger partial charge in [0.2, 0.25) is 5.91 Å². The molecule has 146 valence electrons. The maximum absolute atomic E-state index is 12.2. The van der Waals surface area contributed by atoms with E-state index in [1.54, 1.807) is 6.92 Å². The number of aryl methyl sites for hydroxylation is 1. The van der Waals surface area contributed by atoms with Gasteiger partial charge < -0.3 is 15.4 Å². The number of nitrogens with one attached hydrogen (secondary N) is 2. The quantitative estimate of drug-likeness (QED) is 0.593. The van der Waals surface area contributed by atoms with Gasteiger partial charge in [-0.25, -0.2) is 14.8 Å². The topological polar surface area (TPSA) is 93.2 Å². The highest BCUT2D eigenvalue weighted by Gasteiger charge is 2.20. The van der Waals surface area contributed by atoms with E-state index in [2.05, 4.69) is 20.6 Å². The molecule has 1 aromatic carbocycles. The lowest BCUT2D eigenvalue weighted by Crippen LogP contribution is -2.17. The van der Waals surface area contributed by atoms with Gasteiger partial charge >= 0.3 is 5.97 Å². The first kappa shape index (κ1) is 19.8. The molecule has 0 aliphatic heterocycles. The molecule has 0 aliphatic rings. The Bertz CT molecular complexity index is 1010. The lowest BCUT2D eigenvalue weighted by Gasteiger charge is -2.10. The molecule has 0 bridgehead atoms. The summed E-state index contributed by atoms with van der Waals surface area (Å²) in [6, 6.07) is 7.37. The molecule has 0 spiro atoms. The van der Waals surface area contributed by atoms with Gasteiger partial charge in [-0.2, -0.15) is 0 Å². The highest BCUT2D eigenvalue weighted by molar-refractivity contribution is 7.20. The van der Waals surface area contributed by atoms with E-state index < -0.39 is 0 Å². The van der Waals surface area contributed by atoms with E-state index >= 15 is 0 Å². The zero-order chi connectivity index (χ0) is 20.3. The molecule has 3 rings (SSSR count). The summed E-state index contributed by atoms with van der Waals surface area (Å²) >= 11 is 1.30. The number of aromatic nitrogens is 2. The summed E-state index contributed by atoms with van der Waals surface area (Å²) in [5, 5.41) is 6.92. The molecule has 0 radical (unpaired) electrons. The number of hydrogen-bond donors (Lipinski definition) is 2. The van der Waals surface area contributed by atoms with Crippen molar-refractivity contribution in [3.05, 3.63) is 41.0 Å². The Hall–Kier alpha value is -3.00. The van der Waals surface area contributed by atoms with Crippen molar-refractivity contribution in [3.8, 4) is 0 Å². The van der Waals surface area contributed by atoms with Gasteiger partial charge in [0.1, 0.15) is 21.9 Å². The Balaban J connectivity index is 1.86. The van der Waals surface area contributed by atoms with Crippen LogP contribution < -0.4 is 10.6 Å². The zero-order valence-corrected chi connectivity index (χ0v) is 17.0. The van der Waals surface area contributed by atoms with Crippen molar-refractivity contribution in [1.29, 1.82) is 0 Å². The third-order valence-corrected chi connectivity index (χ3v) is 5.31. The van der Waals surface area contributed by atoms with Gasteiger partial charge in [0.15, 0.2) is 0 Å². The van der Waals surface area contributed by atoms with Crippen molar-refractivity contribution in [2.24, 2.45) is 5.92 Å². The molecule has 2 N–H and O–H groups in total. The minimum absolute atomic E-state index is 0.0291. The fourth-order valence-electron chi connectivity index (χ4n) is 2.62. The summed E-state index contributed by atoms with van der Waals surface area (Å²) in [5.41, 5.74) is 2.33. The molecular weight excluding hydrogens is 376 g/mol. The van der Waals surface area contributed by atoms with Crippen LogP contribution in [0, 0.1) is 12.8 Å². The van der Waals surface area contributed by atoms with E-state index in [0.29, 0.717) is 17.3 Å². The molecule has 7 nitrogen and oxygen atoms in total. The van der Waals surface area contributed by atoms with Gasteiger partial charge in [-0.1, -0.05) is 13.8 Å². The lowest BCUT2D eigenvalue weighted by molar-refractivity contribution is -0.118. The van der Waals surface area contributed by atoms with E-state index in [1.807, 2.05) is 45.0 Å². The van der Waals surface area contributed by atoms with E-state index in [-0.39, 0.29) is 17.8 Å². The molecule has 0 atom stereocenters. The number of benzene rings is 1. The molecule has 0 saturated carbocycles. The molecule has 0 fully saturated rings. The minimum Gasteiger partial charge on any atom is -0.462 e. The summed E-state index contributed by atoms with van der Waals surface area (Å²) in [7, 11) is 0. The van der Waals surface area contributed by atoms with Crippen LogP contribution in [-0.4, -0.2) is 28.5 Å². The van der Waals surface area contributed by atoms with E-state index in [0.717, 1.165) is 27.2 Å². The highest BCUT2D eigenvalue weighted by atomic mass is 32.1. The Morgan fingerprint density at radius 2 is 1.82 bits per heavy atom. The highest BCUT2D eigenvalue weighted by Crippen LogP contribution is 2.34. The van der Waals surface area contributed by atoms with Crippen LogP contribution in [0.3, 0.4) is 0 Å². The fourth-order valence-corrected chi connectivity index (χ4v) is 3.66. The number of amides is 1. The van der Waals surface area contributed by atoms with E-state index in [9.17, 15) is 9.59 Å². The normalized spacial score (nSPS) is 10.9. The average molecular weight is 398 g/mol. The predicted molar refractivity (Wildman–Crippen MR) is 111 cm³/mol. The summed E-state index contributed by atoms with van der Waals surface area (Å²) in [6.07, 6.45) is 1.47. The number of anilines is 3. The standard InChI is InChI=1S/C20H22N4O3S/c1-5-27-20(26)16-12(4)15-17(21-10-22-19(15)28-16)23-13-6-8-14(9-7-13)24-18(25)11(2)3/h6-11H,5H2,1-4H3,(H,24,25)(H,21,22,23). The van der Waals surface area contributed by atoms with Crippen LogP contribution in [0.1, 0.15) is 36.0 Å². The van der Waals surface area contributed by atoms with Crippen molar-refractivity contribution in [1.82, 2.24) is 9.97 Å². The smallest absolute Gasteiger partial charge is 0.348 e. The number of rotatable bonds is 6. The molecule has 8 heteroatoms. The van der Waals surface area contributed by atoms with Crippen LogP contribution in [0.15, 0.2) is 30.6 Å². The minimum atomic E-state index is -0.348. The second-order valence-electron chi connectivity index (χ2n) is 6.53. The molecule has 28 heavy (non-hydrogen) atoms. The number of thiophene rings is 1. The molecule has 0 aliphatic carbocycles. The van der Waals surface area contributed by atoms with Crippen LogP contribution in [0.2, 0.25) is 0 Å². The Morgan fingerprint density at radius 1 is 1.14 bits per heavy atom. The molecule has 0 unspecified atom stereocenters. The van der Waals surface area contributed by atoms with Crippen LogP contribution >= 0.6 is 11.3 Å². The number of carbonyl (C=O) groups is 2. The van der Waals surface area contributed by atoms with Crippen LogP contribution in [0.5, 0.6) is 0 Å². The van der Waals surface area contributed by atoms with Crippen LogP contribution in [-0.2, 0) is 9.53 Å². The van der Waals surface area contributed by atoms with Gasteiger partial charge in [-0.15, -0.1) is 11.3 Å². The van der Waals surface area contributed by atoms with Gasteiger partial charge in [0.05, 0.1) is 12.0 Å². The molecule has 3 aromatic rings. The van der Waals surface area contributed by atoms with Gasteiger partial charge in [0.25, 0.3) is 0 Å². The average Bonchev–Trinajstić information content (AvgIpc) is 3.01. The van der Waals surface area contributed by atoms with Gasteiger partial charge in [-0.3, -0.25) is 4.79 Å². The first-order valence-corrected chi connectivity index (χ1v) is 9.81. The van der Waals surface area contributed by atoms with E-state index in [1.165, 1.54) is 17.7 Å². The number of hydrogen-bond acceptors (Lipinski definition) is 7. The zero-order valence-electron chi connectivity index (χ0n) is 16.2. The summed E-state index contributed by atoms with van der Waals surface area (Å²) in [4.78, 5) is 33.8. The fraction of sp³-hybridized carbons (Fsp3) is 0.300. The number of nitrogens with zero attached hydrogens (tertiary/aromatic N) is 2. The van der Waals surface area contributed by atoms with Crippen molar-refractivity contribution in [3.63, 3.8) is 0 Å². The summed E-state index contributed by atoms with van der Waals surface area (Å²) < 4.78 is 5.13. The Kier molecular flexibility index (Phi) is 5.89. The van der Waals surface area contributed by atoms with Crippen LogP contribution in [0.4, 0.5) is 17.2 Å². The Labute approximate surface area is 167 Å². The molecular formula is C20H22N4O3S. The second-order valence-corrected chi connectivity index (χ2v) is 7.52. The largest absolute Gasteiger partial charge is 0.462 e. The lowest BCUT2D eigenvalue weighted by atomic mass is 10.2. The number of ether oxygens (including phenoxy) is 1. The Morgan fingerprint density at radius 3 is 2.46 bits per heavy atom. The maximum atomic E-state index is 12.2. The third kappa shape index (κ3) is 4.12. The van der Waals surface area contributed by atoms with E-state index in [4.69, 9.17) is 4.74 Å². The molecule has 1 amide bonds. The second kappa shape index (κ2) is 8.35. The van der Waals surface area contributed by atoms with Crippen molar-refractivity contribution in [2.45, 2.75) is 27.7 Å². The summed E-state index contributed by atoms with van der Waals surface area (Å²) in [5.74, 6) is 0.160. The number of carbonyl (C=O) groups excluding carboxylic acids is 2. The monoisotopic (exact) mass is 398 g/mol. The van der Waals surface area contributed by atoms with Crippen LogP contribution in [0.25, 0.3) is 10.2 Å². The molecule has 2 heterocycles. The van der Waals surface area contributed by atoms with Gasteiger partial charge in [-0.05, 0) is 43.7 Å².